The van der Waals surface area contributed by atoms with Crippen LogP contribution in [-0.2, 0) is 4.79 Å². The highest BCUT2D eigenvalue weighted by molar-refractivity contribution is 6.21. The fourth-order valence-electron chi connectivity index (χ4n) is 2.13. The van der Waals surface area contributed by atoms with Gasteiger partial charge in [-0.2, -0.15) is 0 Å². The van der Waals surface area contributed by atoms with Gasteiger partial charge in [-0.1, -0.05) is 5.92 Å². The Balaban J connectivity index is 2.08. The first kappa shape index (κ1) is 13.8. The maximum Gasteiger partial charge on any atom is 0.303 e. The topological polar surface area (TPSA) is 74.7 Å². The van der Waals surface area contributed by atoms with Gasteiger partial charge in [0.15, 0.2) is 0 Å². The van der Waals surface area contributed by atoms with Gasteiger partial charge in [0.05, 0.1) is 11.1 Å². The summed E-state index contributed by atoms with van der Waals surface area (Å²) in [6.07, 6.45) is 6.20. The van der Waals surface area contributed by atoms with Crippen LogP contribution >= 0.6 is 0 Å². The first-order valence-corrected chi connectivity index (χ1v) is 6.23. The number of nitrogens with zero attached hydrogens (tertiary/aromatic N) is 1. The summed E-state index contributed by atoms with van der Waals surface area (Å²) < 4.78 is 0. The Morgan fingerprint density at radius 3 is 2.55 bits per heavy atom. The molecular formula is C15H13NO4. The second kappa shape index (κ2) is 5.57. The van der Waals surface area contributed by atoms with Crippen molar-refractivity contribution in [3.63, 3.8) is 0 Å². The summed E-state index contributed by atoms with van der Waals surface area (Å²) in [6.45, 7) is 0.227. The van der Waals surface area contributed by atoms with Gasteiger partial charge in [0.1, 0.15) is 0 Å². The molecule has 0 unspecified atom stereocenters. The largest absolute Gasteiger partial charge is 0.481 e. The van der Waals surface area contributed by atoms with Crippen LogP contribution in [0.5, 0.6) is 0 Å². The van der Waals surface area contributed by atoms with E-state index < -0.39 is 5.97 Å². The van der Waals surface area contributed by atoms with E-state index in [2.05, 4.69) is 5.92 Å². The van der Waals surface area contributed by atoms with Crippen LogP contribution in [0.3, 0.4) is 0 Å². The molecule has 102 valence electrons. The van der Waals surface area contributed by atoms with E-state index in [0.29, 0.717) is 29.5 Å². The van der Waals surface area contributed by atoms with Gasteiger partial charge in [-0.15, -0.1) is 6.42 Å². The Bertz CT molecular complexity index is 627. The Labute approximate surface area is 116 Å². The molecule has 2 amide bonds. The summed E-state index contributed by atoms with van der Waals surface area (Å²) >= 11 is 0. The van der Waals surface area contributed by atoms with Crippen molar-refractivity contribution < 1.29 is 19.5 Å². The molecular weight excluding hydrogens is 258 g/mol. The standard InChI is InChI=1S/C15H13NO4/c1-2-10-6-7-11-12(9-10)15(20)16(14(11)19)8-4-3-5-13(17)18/h1,6-7,9H,3-5,8H2,(H,17,18). The first-order valence-electron chi connectivity index (χ1n) is 6.23. The first-order chi connectivity index (χ1) is 9.54. The van der Waals surface area contributed by atoms with Crippen molar-refractivity contribution in [1.29, 1.82) is 0 Å². The monoisotopic (exact) mass is 271 g/mol. The molecule has 0 aromatic heterocycles. The van der Waals surface area contributed by atoms with Gasteiger partial charge >= 0.3 is 5.97 Å². The van der Waals surface area contributed by atoms with E-state index in [9.17, 15) is 14.4 Å². The fourth-order valence-corrected chi connectivity index (χ4v) is 2.13. The lowest BCUT2D eigenvalue weighted by Gasteiger charge is -2.12. The summed E-state index contributed by atoms with van der Waals surface area (Å²) in [6, 6.07) is 4.72. The molecule has 1 aliphatic heterocycles. The highest BCUT2D eigenvalue weighted by Gasteiger charge is 2.34. The fraction of sp³-hybridized carbons (Fsp3) is 0.267. The van der Waals surface area contributed by atoms with Crippen molar-refractivity contribution in [2.75, 3.05) is 6.54 Å². The minimum absolute atomic E-state index is 0.0322. The molecule has 2 rings (SSSR count). The van der Waals surface area contributed by atoms with E-state index >= 15 is 0 Å². The van der Waals surface area contributed by atoms with Gasteiger partial charge in [0.25, 0.3) is 11.8 Å². The van der Waals surface area contributed by atoms with E-state index in [1.807, 2.05) is 0 Å². The van der Waals surface area contributed by atoms with E-state index in [0.717, 1.165) is 4.90 Å². The zero-order valence-corrected chi connectivity index (χ0v) is 10.8. The molecule has 1 aromatic carbocycles. The van der Waals surface area contributed by atoms with E-state index in [1.54, 1.807) is 12.1 Å². The Morgan fingerprint density at radius 1 is 1.20 bits per heavy atom. The Kier molecular flexibility index (Phi) is 3.85. The van der Waals surface area contributed by atoms with Crippen LogP contribution in [0.2, 0.25) is 0 Å². The van der Waals surface area contributed by atoms with E-state index in [1.165, 1.54) is 6.07 Å². The van der Waals surface area contributed by atoms with Gasteiger partial charge in [-0.25, -0.2) is 0 Å². The third kappa shape index (κ3) is 2.54. The molecule has 1 N–H and O–H groups in total. The molecule has 0 bridgehead atoms. The van der Waals surface area contributed by atoms with Crippen LogP contribution in [0.1, 0.15) is 45.5 Å². The molecule has 0 spiro atoms. The van der Waals surface area contributed by atoms with Gasteiger partial charge in [-0.05, 0) is 31.0 Å². The van der Waals surface area contributed by atoms with Crippen molar-refractivity contribution in [3.05, 3.63) is 34.9 Å². The maximum absolute atomic E-state index is 12.1. The van der Waals surface area contributed by atoms with Crippen LogP contribution in [0.15, 0.2) is 18.2 Å². The van der Waals surface area contributed by atoms with Crippen LogP contribution < -0.4 is 0 Å². The van der Waals surface area contributed by atoms with Gasteiger partial charge in [0.2, 0.25) is 0 Å². The number of carboxylic acid groups (broad SMARTS) is 1. The number of imide groups is 1. The number of carboxylic acids is 1. The summed E-state index contributed by atoms with van der Waals surface area (Å²) in [7, 11) is 0. The molecule has 0 atom stereocenters. The number of carbonyl (C=O) groups is 3. The summed E-state index contributed by atoms with van der Waals surface area (Å²) in [5.41, 5.74) is 1.23. The summed E-state index contributed by atoms with van der Waals surface area (Å²) in [5, 5.41) is 8.54. The quantitative estimate of drug-likeness (QED) is 0.500. The SMILES string of the molecule is C#Cc1ccc2c(c1)C(=O)N(CCCCC(=O)O)C2=O. The summed E-state index contributed by atoms with van der Waals surface area (Å²) in [5.74, 6) is 0.834. The molecule has 0 fully saturated rings. The molecule has 0 aliphatic carbocycles. The number of amides is 2. The van der Waals surface area contributed by atoms with Crippen LogP contribution in [0, 0.1) is 12.3 Å². The number of fused-ring (bicyclic) bond motifs is 1. The molecule has 0 radical (unpaired) electrons. The van der Waals surface area contributed by atoms with Crippen molar-refractivity contribution in [2.45, 2.75) is 19.3 Å². The predicted octanol–water partition coefficient (Wildman–Crippen LogP) is 1.52. The minimum atomic E-state index is -0.883. The zero-order chi connectivity index (χ0) is 14.7. The number of carbonyl (C=O) groups excluding carboxylic acids is 2. The lowest BCUT2D eigenvalue weighted by molar-refractivity contribution is -0.137. The number of rotatable bonds is 5. The number of hydrogen-bond donors (Lipinski definition) is 1. The zero-order valence-electron chi connectivity index (χ0n) is 10.8. The minimum Gasteiger partial charge on any atom is -0.481 e. The predicted molar refractivity (Wildman–Crippen MR) is 71.2 cm³/mol. The third-order valence-electron chi connectivity index (χ3n) is 3.16. The number of aliphatic carboxylic acids is 1. The Hall–Kier alpha value is -2.61. The lowest BCUT2D eigenvalue weighted by Crippen LogP contribution is -2.30. The molecule has 0 saturated heterocycles. The molecule has 5 heteroatoms. The third-order valence-corrected chi connectivity index (χ3v) is 3.16. The maximum atomic E-state index is 12.1. The number of terminal acetylenes is 1. The average Bonchev–Trinajstić information content (AvgIpc) is 2.67. The van der Waals surface area contributed by atoms with Crippen molar-refractivity contribution in [3.8, 4) is 12.3 Å². The molecule has 1 aliphatic rings. The second-order valence-electron chi connectivity index (χ2n) is 4.52. The lowest BCUT2D eigenvalue weighted by atomic mass is 10.1. The van der Waals surface area contributed by atoms with Gasteiger partial charge in [0, 0.05) is 18.5 Å². The van der Waals surface area contributed by atoms with Crippen molar-refractivity contribution in [1.82, 2.24) is 4.90 Å². The second-order valence-corrected chi connectivity index (χ2v) is 4.52. The number of benzene rings is 1. The summed E-state index contributed by atoms with van der Waals surface area (Å²) in [4.78, 5) is 35.7. The molecule has 1 heterocycles. The highest BCUT2D eigenvalue weighted by Crippen LogP contribution is 2.24. The van der Waals surface area contributed by atoms with Crippen LogP contribution in [0.25, 0.3) is 0 Å². The van der Waals surface area contributed by atoms with Crippen molar-refractivity contribution >= 4 is 17.8 Å². The average molecular weight is 271 g/mol. The normalized spacial score (nSPS) is 13.2. The van der Waals surface area contributed by atoms with E-state index in [4.69, 9.17) is 11.5 Å². The number of unbranched alkanes of at least 4 members (excludes halogenated alkanes) is 1. The molecule has 1 aromatic rings. The van der Waals surface area contributed by atoms with Crippen LogP contribution in [0.4, 0.5) is 0 Å². The van der Waals surface area contributed by atoms with E-state index in [-0.39, 0.29) is 24.8 Å². The Morgan fingerprint density at radius 2 is 1.90 bits per heavy atom. The van der Waals surface area contributed by atoms with Gasteiger partial charge in [-0.3, -0.25) is 19.3 Å². The molecule has 5 nitrogen and oxygen atoms in total. The molecule has 20 heavy (non-hydrogen) atoms. The highest BCUT2D eigenvalue weighted by atomic mass is 16.4. The van der Waals surface area contributed by atoms with Gasteiger partial charge < -0.3 is 5.11 Å². The van der Waals surface area contributed by atoms with Crippen molar-refractivity contribution in [2.24, 2.45) is 0 Å². The van der Waals surface area contributed by atoms with Crippen LogP contribution in [-0.4, -0.2) is 34.3 Å². The smallest absolute Gasteiger partial charge is 0.303 e. The molecule has 0 saturated carbocycles. The number of hydrogen-bond acceptors (Lipinski definition) is 3.